The molecule has 3 heteroatoms. The summed E-state index contributed by atoms with van der Waals surface area (Å²) in [4.78, 5) is 12.1. The van der Waals surface area contributed by atoms with E-state index < -0.39 is 5.60 Å². The van der Waals surface area contributed by atoms with Gasteiger partial charge in [-0.15, -0.1) is 0 Å². The third-order valence-electron chi connectivity index (χ3n) is 3.90. The van der Waals surface area contributed by atoms with Crippen LogP contribution in [-0.2, 0) is 10.3 Å². The lowest BCUT2D eigenvalue weighted by atomic mass is 9.83. The monoisotopic (exact) mass is 268 g/mol. The van der Waals surface area contributed by atoms with Gasteiger partial charge in [0.15, 0.2) is 5.60 Å². The maximum Gasteiger partial charge on any atom is 0.339 e. The van der Waals surface area contributed by atoms with Gasteiger partial charge in [0, 0.05) is 11.1 Å². The smallest absolute Gasteiger partial charge is 0.339 e. The van der Waals surface area contributed by atoms with Crippen molar-refractivity contribution in [2.24, 2.45) is 0 Å². The van der Waals surface area contributed by atoms with Crippen molar-refractivity contribution in [3.8, 4) is 5.75 Å². The van der Waals surface area contributed by atoms with Crippen molar-refractivity contribution in [3.63, 3.8) is 0 Å². The second-order valence-electron chi connectivity index (χ2n) is 4.84. The Labute approximate surface area is 118 Å². The molecular weight excluding hydrogens is 252 g/mol. The van der Waals surface area contributed by atoms with Crippen LogP contribution in [0.15, 0.2) is 48.5 Å². The molecule has 1 heterocycles. The first-order chi connectivity index (χ1) is 9.71. The molecule has 0 aromatic heterocycles. The van der Waals surface area contributed by atoms with Gasteiger partial charge in [-0.2, -0.15) is 0 Å². The molecule has 102 valence electrons. The number of carbonyl (C=O) groups is 1. The molecule has 0 fully saturated rings. The first-order valence-corrected chi connectivity index (χ1v) is 6.68. The Hall–Kier alpha value is -2.29. The zero-order chi connectivity index (χ0) is 14.2. The van der Waals surface area contributed by atoms with E-state index in [4.69, 9.17) is 9.47 Å². The van der Waals surface area contributed by atoms with Gasteiger partial charge in [0.2, 0.25) is 0 Å². The fourth-order valence-electron chi connectivity index (χ4n) is 2.82. The molecule has 0 saturated heterocycles. The highest BCUT2D eigenvalue weighted by molar-refractivity contribution is 5.95. The largest absolute Gasteiger partial charge is 0.497 e. The maximum absolute atomic E-state index is 12.1. The number of esters is 1. The van der Waals surface area contributed by atoms with Crippen LogP contribution in [0.25, 0.3) is 0 Å². The van der Waals surface area contributed by atoms with E-state index >= 15 is 0 Å². The number of carbonyl (C=O) groups excluding carboxylic acids is 1. The predicted molar refractivity (Wildman–Crippen MR) is 75.9 cm³/mol. The topological polar surface area (TPSA) is 35.5 Å². The number of ether oxygens (including phenoxy) is 2. The molecule has 0 amide bonds. The van der Waals surface area contributed by atoms with E-state index in [0.29, 0.717) is 12.0 Å². The molecular formula is C17H16O3. The van der Waals surface area contributed by atoms with Crippen molar-refractivity contribution in [1.29, 1.82) is 0 Å². The van der Waals surface area contributed by atoms with Gasteiger partial charge in [0.25, 0.3) is 0 Å². The van der Waals surface area contributed by atoms with Crippen LogP contribution in [0.1, 0.15) is 34.8 Å². The van der Waals surface area contributed by atoms with E-state index in [2.05, 4.69) is 0 Å². The van der Waals surface area contributed by atoms with Crippen LogP contribution in [0.2, 0.25) is 0 Å². The number of fused-ring (bicyclic) bond motifs is 1. The molecule has 0 saturated carbocycles. The van der Waals surface area contributed by atoms with E-state index in [9.17, 15) is 4.79 Å². The Morgan fingerprint density at radius 2 is 1.80 bits per heavy atom. The summed E-state index contributed by atoms with van der Waals surface area (Å²) >= 11 is 0. The second kappa shape index (κ2) is 4.67. The van der Waals surface area contributed by atoms with Gasteiger partial charge in [0.1, 0.15) is 5.75 Å². The zero-order valence-corrected chi connectivity index (χ0v) is 11.6. The average Bonchev–Trinajstić information content (AvgIpc) is 2.81. The van der Waals surface area contributed by atoms with Crippen molar-refractivity contribution in [2.75, 3.05) is 7.11 Å². The third-order valence-corrected chi connectivity index (χ3v) is 3.90. The van der Waals surface area contributed by atoms with Gasteiger partial charge in [-0.3, -0.25) is 0 Å². The molecule has 0 aliphatic carbocycles. The van der Waals surface area contributed by atoms with E-state index in [-0.39, 0.29) is 5.97 Å². The Bertz CT molecular complexity index is 646. The van der Waals surface area contributed by atoms with Crippen LogP contribution in [0, 0.1) is 0 Å². The van der Waals surface area contributed by atoms with E-state index in [1.165, 1.54) is 0 Å². The molecule has 0 spiro atoms. The minimum atomic E-state index is -0.681. The van der Waals surface area contributed by atoms with Crippen LogP contribution in [0.3, 0.4) is 0 Å². The fourth-order valence-corrected chi connectivity index (χ4v) is 2.82. The van der Waals surface area contributed by atoms with Crippen molar-refractivity contribution < 1.29 is 14.3 Å². The Morgan fingerprint density at radius 3 is 2.45 bits per heavy atom. The van der Waals surface area contributed by atoms with Gasteiger partial charge >= 0.3 is 5.97 Å². The average molecular weight is 268 g/mol. The summed E-state index contributed by atoms with van der Waals surface area (Å²) in [5, 5.41) is 0. The van der Waals surface area contributed by atoms with E-state index in [1.54, 1.807) is 7.11 Å². The summed E-state index contributed by atoms with van der Waals surface area (Å²) in [6, 6.07) is 15.3. The van der Waals surface area contributed by atoms with Gasteiger partial charge in [-0.1, -0.05) is 37.3 Å². The standard InChI is InChI=1S/C17H16O3/c1-3-17(12-8-10-13(19-2)11-9-12)15-7-5-4-6-14(15)16(18)20-17/h4-11H,3H2,1-2H3. The minimum absolute atomic E-state index is 0.252. The first-order valence-electron chi connectivity index (χ1n) is 6.68. The molecule has 0 bridgehead atoms. The molecule has 2 aromatic carbocycles. The number of benzene rings is 2. The lowest BCUT2D eigenvalue weighted by Crippen LogP contribution is -2.26. The first kappa shape index (κ1) is 12.7. The molecule has 1 unspecified atom stereocenters. The Balaban J connectivity index is 2.15. The highest BCUT2D eigenvalue weighted by atomic mass is 16.6. The zero-order valence-electron chi connectivity index (χ0n) is 11.6. The SMILES string of the molecule is CCC1(c2ccc(OC)cc2)OC(=O)c2ccccc21. The Kier molecular flexibility index (Phi) is 2.97. The second-order valence-corrected chi connectivity index (χ2v) is 4.84. The molecule has 2 aromatic rings. The molecule has 0 radical (unpaired) electrons. The van der Waals surface area contributed by atoms with Crippen molar-refractivity contribution in [2.45, 2.75) is 18.9 Å². The number of methoxy groups -OCH3 is 1. The Morgan fingerprint density at radius 1 is 1.10 bits per heavy atom. The number of hydrogen-bond donors (Lipinski definition) is 0. The third kappa shape index (κ3) is 1.70. The highest BCUT2D eigenvalue weighted by Crippen LogP contribution is 2.44. The van der Waals surface area contributed by atoms with Gasteiger partial charge in [-0.05, 0) is 24.6 Å². The van der Waals surface area contributed by atoms with Crippen molar-refractivity contribution in [1.82, 2.24) is 0 Å². The number of cyclic esters (lactones) is 1. The van der Waals surface area contributed by atoms with Crippen LogP contribution >= 0.6 is 0 Å². The van der Waals surface area contributed by atoms with E-state index in [0.717, 1.165) is 16.9 Å². The summed E-state index contributed by atoms with van der Waals surface area (Å²) in [6.45, 7) is 2.03. The van der Waals surface area contributed by atoms with Crippen molar-refractivity contribution >= 4 is 5.97 Å². The fraction of sp³-hybridized carbons (Fsp3) is 0.235. The summed E-state index contributed by atoms with van der Waals surface area (Å²) < 4.78 is 10.9. The summed E-state index contributed by atoms with van der Waals surface area (Å²) in [5.41, 5.74) is 1.89. The molecule has 3 rings (SSSR count). The lowest BCUT2D eigenvalue weighted by molar-refractivity contribution is 0.00916. The van der Waals surface area contributed by atoms with Crippen LogP contribution in [-0.4, -0.2) is 13.1 Å². The molecule has 20 heavy (non-hydrogen) atoms. The van der Waals surface area contributed by atoms with Crippen LogP contribution < -0.4 is 4.74 Å². The van der Waals surface area contributed by atoms with Crippen LogP contribution in [0.4, 0.5) is 0 Å². The molecule has 1 atom stereocenters. The molecule has 0 N–H and O–H groups in total. The van der Waals surface area contributed by atoms with Gasteiger partial charge < -0.3 is 9.47 Å². The minimum Gasteiger partial charge on any atom is -0.497 e. The molecule has 3 nitrogen and oxygen atoms in total. The summed E-state index contributed by atoms with van der Waals surface area (Å²) in [7, 11) is 1.63. The summed E-state index contributed by atoms with van der Waals surface area (Å²) in [6.07, 6.45) is 0.697. The predicted octanol–water partition coefficient (Wildman–Crippen LogP) is 3.52. The quantitative estimate of drug-likeness (QED) is 0.799. The van der Waals surface area contributed by atoms with Crippen molar-refractivity contribution in [3.05, 3.63) is 65.2 Å². The molecule has 1 aliphatic heterocycles. The van der Waals surface area contributed by atoms with E-state index in [1.807, 2.05) is 55.5 Å². The normalized spacial score (nSPS) is 20.4. The number of rotatable bonds is 3. The van der Waals surface area contributed by atoms with Gasteiger partial charge in [0.05, 0.1) is 12.7 Å². The number of hydrogen-bond acceptors (Lipinski definition) is 3. The summed E-state index contributed by atoms with van der Waals surface area (Å²) in [5.74, 6) is 0.538. The van der Waals surface area contributed by atoms with Crippen LogP contribution in [0.5, 0.6) is 5.75 Å². The lowest BCUT2D eigenvalue weighted by Gasteiger charge is -2.28. The van der Waals surface area contributed by atoms with Gasteiger partial charge in [-0.25, -0.2) is 4.79 Å². The highest BCUT2D eigenvalue weighted by Gasteiger charge is 2.45. The molecule has 1 aliphatic rings. The maximum atomic E-state index is 12.1.